The Kier molecular flexibility index (Phi) is 4.96. The summed E-state index contributed by atoms with van der Waals surface area (Å²) < 4.78 is 32.4. The second-order valence-corrected chi connectivity index (χ2v) is 8.97. The third-order valence-corrected chi connectivity index (χ3v) is 6.47. The molecule has 1 aromatic heterocycles. The number of carbonyl (C=O) groups is 2. The number of benzene rings is 1. The third kappa shape index (κ3) is 4.07. The molecule has 4 rings (SSSR count). The van der Waals surface area contributed by atoms with Gasteiger partial charge in [-0.3, -0.25) is 10.1 Å². The smallest absolute Gasteiger partial charge is 0.338 e. The lowest BCUT2D eigenvalue weighted by Gasteiger charge is -2.22. The molecule has 1 aromatic carbocycles. The lowest BCUT2D eigenvalue weighted by molar-refractivity contribution is -0.123. The molecule has 1 atom stereocenters. The maximum atomic E-state index is 12.4. The van der Waals surface area contributed by atoms with Gasteiger partial charge in [0.25, 0.3) is 15.9 Å². The van der Waals surface area contributed by atoms with E-state index in [2.05, 4.69) is 19.7 Å². The number of fused-ring (bicyclic) bond motifs is 3. The van der Waals surface area contributed by atoms with E-state index in [0.29, 0.717) is 16.6 Å². The van der Waals surface area contributed by atoms with E-state index in [9.17, 15) is 18.0 Å². The number of thioether (sulfide) groups is 1. The predicted molar refractivity (Wildman–Crippen MR) is 106 cm³/mol. The first kappa shape index (κ1) is 19.3. The molecule has 1 N–H and O–H groups in total. The van der Waals surface area contributed by atoms with Crippen LogP contribution in [0, 0.1) is 0 Å². The SMILES string of the molecule is CC(OC(=O)c1ccc2c(c1)SC1=NS(=O)(=O)CCN12)C(=O)Nc1ncccn1. The van der Waals surface area contributed by atoms with Gasteiger partial charge in [-0.25, -0.2) is 23.2 Å². The Morgan fingerprint density at radius 2 is 2.03 bits per heavy atom. The minimum Gasteiger partial charge on any atom is -0.449 e. The number of aromatic nitrogens is 2. The van der Waals surface area contributed by atoms with E-state index >= 15 is 0 Å². The van der Waals surface area contributed by atoms with Crippen LogP contribution >= 0.6 is 11.8 Å². The summed E-state index contributed by atoms with van der Waals surface area (Å²) in [7, 11) is -3.45. The fourth-order valence-corrected chi connectivity index (χ4v) is 5.01. The van der Waals surface area contributed by atoms with Crippen LogP contribution in [0.4, 0.5) is 11.6 Å². The van der Waals surface area contributed by atoms with Gasteiger partial charge in [0.1, 0.15) is 0 Å². The highest BCUT2D eigenvalue weighted by molar-refractivity contribution is 8.15. The van der Waals surface area contributed by atoms with E-state index in [-0.39, 0.29) is 17.3 Å². The van der Waals surface area contributed by atoms with Gasteiger partial charge in [0.2, 0.25) is 5.95 Å². The number of nitrogens with zero attached hydrogens (tertiary/aromatic N) is 4. The zero-order valence-corrected chi connectivity index (χ0v) is 16.7. The molecule has 2 aromatic rings. The average molecular weight is 433 g/mol. The van der Waals surface area contributed by atoms with Gasteiger partial charge in [0.05, 0.1) is 17.0 Å². The summed E-state index contributed by atoms with van der Waals surface area (Å²) in [4.78, 5) is 34.8. The standard InChI is InChI=1S/C17H15N5O5S2/c1-10(14(23)20-16-18-5-2-6-19-16)27-15(24)11-3-4-12-13(9-11)28-17-21-29(25,26)8-7-22(12)17/h2-6,9-10H,7-8H2,1H3,(H,18,19,20,23). The molecule has 1 amide bonds. The largest absolute Gasteiger partial charge is 0.449 e. The summed E-state index contributed by atoms with van der Waals surface area (Å²) in [6.45, 7) is 1.75. The Morgan fingerprint density at radius 3 is 2.79 bits per heavy atom. The van der Waals surface area contributed by atoms with Crippen molar-refractivity contribution >= 4 is 50.5 Å². The molecule has 10 nitrogen and oxygen atoms in total. The molecule has 0 aliphatic carbocycles. The predicted octanol–water partition coefficient (Wildman–Crippen LogP) is 1.27. The number of hydrogen-bond donors (Lipinski definition) is 1. The number of ether oxygens (including phenoxy) is 1. The molecule has 3 heterocycles. The number of esters is 1. The van der Waals surface area contributed by atoms with Crippen LogP contribution in [0.2, 0.25) is 0 Å². The molecular formula is C17H15N5O5S2. The van der Waals surface area contributed by atoms with Crippen molar-refractivity contribution < 1.29 is 22.7 Å². The minimum atomic E-state index is -3.45. The van der Waals surface area contributed by atoms with E-state index in [0.717, 1.165) is 5.69 Å². The number of carbonyl (C=O) groups excluding carboxylic acids is 2. The molecule has 0 bridgehead atoms. The normalized spacial score (nSPS) is 17.6. The summed E-state index contributed by atoms with van der Waals surface area (Å²) in [6, 6.07) is 6.49. The quantitative estimate of drug-likeness (QED) is 0.708. The summed E-state index contributed by atoms with van der Waals surface area (Å²) in [5, 5.41) is 2.83. The fraction of sp³-hybridized carbons (Fsp3) is 0.235. The molecule has 0 saturated carbocycles. The van der Waals surface area contributed by atoms with Gasteiger partial charge in [-0.05, 0) is 43.0 Å². The fourth-order valence-electron chi connectivity index (χ4n) is 2.72. The Hall–Kier alpha value is -2.99. The van der Waals surface area contributed by atoms with E-state index in [1.54, 1.807) is 29.2 Å². The molecule has 0 saturated heterocycles. The van der Waals surface area contributed by atoms with E-state index < -0.39 is 28.0 Å². The number of amidine groups is 1. The highest BCUT2D eigenvalue weighted by atomic mass is 32.2. The van der Waals surface area contributed by atoms with Crippen LogP contribution in [0.15, 0.2) is 46.0 Å². The molecule has 150 valence electrons. The summed E-state index contributed by atoms with van der Waals surface area (Å²) >= 11 is 1.17. The minimum absolute atomic E-state index is 0.0575. The topological polar surface area (TPSA) is 131 Å². The van der Waals surface area contributed by atoms with Gasteiger partial charge < -0.3 is 9.64 Å². The Morgan fingerprint density at radius 1 is 1.28 bits per heavy atom. The molecule has 0 fully saturated rings. The number of anilines is 2. The Bertz CT molecular complexity index is 1120. The number of sulfonamides is 1. The first-order valence-corrected chi connectivity index (χ1v) is 11.0. The molecule has 12 heteroatoms. The molecule has 0 radical (unpaired) electrons. The van der Waals surface area contributed by atoms with Crippen molar-refractivity contribution in [3.8, 4) is 0 Å². The van der Waals surface area contributed by atoms with Crippen LogP contribution in [0.5, 0.6) is 0 Å². The molecule has 29 heavy (non-hydrogen) atoms. The molecule has 0 spiro atoms. The average Bonchev–Trinajstić information content (AvgIpc) is 3.03. The lowest BCUT2D eigenvalue weighted by atomic mass is 10.2. The molecular weight excluding hydrogens is 418 g/mol. The maximum absolute atomic E-state index is 12.4. The number of nitrogens with one attached hydrogen (secondary N) is 1. The van der Waals surface area contributed by atoms with Crippen LogP contribution in [0.25, 0.3) is 0 Å². The summed E-state index contributed by atoms with van der Waals surface area (Å²) in [5.41, 5.74) is 1.03. The number of rotatable bonds is 4. The number of hydrogen-bond acceptors (Lipinski definition) is 9. The first-order chi connectivity index (χ1) is 13.8. The van der Waals surface area contributed by atoms with Crippen molar-refractivity contribution in [2.45, 2.75) is 17.9 Å². The summed E-state index contributed by atoms with van der Waals surface area (Å²) in [6.07, 6.45) is 1.89. The molecule has 2 aliphatic rings. The van der Waals surface area contributed by atoms with Crippen LogP contribution in [0.3, 0.4) is 0 Å². The van der Waals surface area contributed by atoms with Gasteiger partial charge in [0.15, 0.2) is 11.3 Å². The van der Waals surface area contributed by atoms with Gasteiger partial charge in [-0.15, -0.1) is 4.40 Å². The second kappa shape index (κ2) is 7.44. The lowest BCUT2D eigenvalue weighted by Crippen LogP contribution is -2.35. The summed E-state index contributed by atoms with van der Waals surface area (Å²) in [5.74, 6) is -1.18. The van der Waals surface area contributed by atoms with Crippen LogP contribution in [-0.4, -0.2) is 53.8 Å². The molecule has 1 unspecified atom stereocenters. The number of amides is 1. The van der Waals surface area contributed by atoms with Crippen molar-refractivity contribution in [3.63, 3.8) is 0 Å². The van der Waals surface area contributed by atoms with E-state index in [4.69, 9.17) is 4.74 Å². The Labute approximate surface area is 170 Å². The van der Waals surface area contributed by atoms with Gasteiger partial charge in [0, 0.05) is 23.8 Å². The third-order valence-electron chi connectivity index (χ3n) is 4.16. The highest BCUT2D eigenvalue weighted by Gasteiger charge is 2.33. The highest BCUT2D eigenvalue weighted by Crippen LogP contribution is 2.42. The molecule has 2 aliphatic heterocycles. The Balaban J connectivity index is 1.45. The second-order valence-electron chi connectivity index (χ2n) is 6.21. The monoisotopic (exact) mass is 433 g/mol. The van der Waals surface area contributed by atoms with Crippen molar-refractivity contribution in [2.75, 3.05) is 22.5 Å². The van der Waals surface area contributed by atoms with Gasteiger partial charge >= 0.3 is 5.97 Å². The van der Waals surface area contributed by atoms with Crippen LogP contribution in [0.1, 0.15) is 17.3 Å². The van der Waals surface area contributed by atoms with E-state index in [1.165, 1.54) is 31.1 Å². The van der Waals surface area contributed by atoms with Gasteiger partial charge in [-0.2, -0.15) is 0 Å². The van der Waals surface area contributed by atoms with Crippen molar-refractivity contribution in [1.29, 1.82) is 0 Å². The zero-order chi connectivity index (χ0) is 20.6. The van der Waals surface area contributed by atoms with E-state index in [1.807, 2.05) is 0 Å². The maximum Gasteiger partial charge on any atom is 0.338 e. The van der Waals surface area contributed by atoms with Gasteiger partial charge in [-0.1, -0.05) is 0 Å². The first-order valence-electron chi connectivity index (χ1n) is 8.53. The zero-order valence-electron chi connectivity index (χ0n) is 15.1. The van der Waals surface area contributed by atoms with Crippen LogP contribution < -0.4 is 10.2 Å². The van der Waals surface area contributed by atoms with Crippen molar-refractivity contribution in [3.05, 3.63) is 42.2 Å². The van der Waals surface area contributed by atoms with Crippen molar-refractivity contribution in [2.24, 2.45) is 4.40 Å². The van der Waals surface area contributed by atoms with Crippen molar-refractivity contribution in [1.82, 2.24) is 9.97 Å². The van der Waals surface area contributed by atoms with Crippen LogP contribution in [-0.2, 0) is 19.6 Å².